The van der Waals surface area contributed by atoms with Gasteiger partial charge in [-0.25, -0.2) is 0 Å². The molecule has 0 spiro atoms. The van der Waals surface area contributed by atoms with E-state index < -0.39 is 47.6 Å². The summed E-state index contributed by atoms with van der Waals surface area (Å²) in [5, 5.41) is 0. The van der Waals surface area contributed by atoms with Crippen molar-refractivity contribution in [2.24, 2.45) is 0 Å². The van der Waals surface area contributed by atoms with Crippen LogP contribution in [0.5, 0.6) is 0 Å². The van der Waals surface area contributed by atoms with Gasteiger partial charge >= 0.3 is 97.9 Å². The summed E-state index contributed by atoms with van der Waals surface area (Å²) in [7, 11) is -21.6. The summed E-state index contributed by atoms with van der Waals surface area (Å²) < 4.78 is 72.5. The van der Waals surface area contributed by atoms with Crippen molar-refractivity contribution in [3.8, 4) is 0 Å². The first-order chi connectivity index (χ1) is 10.2. The monoisotopic (exact) mass is 941 g/mol. The van der Waals surface area contributed by atoms with Crippen LogP contribution >= 0.6 is 31.3 Å². The van der Waals surface area contributed by atoms with Crippen molar-refractivity contribution in [2.45, 2.75) is 0 Å². The fourth-order valence-electron chi connectivity index (χ4n) is 0. The molecule has 0 unspecified atom stereocenters. The predicted octanol–water partition coefficient (Wildman–Crippen LogP) is -13.7. The zero-order valence-electron chi connectivity index (χ0n) is 12.2. The molecule has 0 heterocycles. The molecule has 0 atom stereocenters. The molecule has 0 aliphatic carbocycles. The molecular formula is H4Mo3O21P4W. The van der Waals surface area contributed by atoms with Gasteiger partial charge in [-0.1, -0.05) is 0 Å². The van der Waals surface area contributed by atoms with Crippen LogP contribution in [0.25, 0.3) is 0 Å². The quantitative estimate of drug-likeness (QED) is 0.129. The molecule has 0 bridgehead atoms. The maximum absolute atomic E-state index is 9.11. The Morgan fingerprint density at radius 3 is 0.414 bits per heavy atom. The number of phosphoric acid groups is 4. The van der Waals surface area contributed by atoms with E-state index in [1.54, 1.807) is 0 Å². The van der Waals surface area contributed by atoms with Gasteiger partial charge in [0.15, 0.2) is 0 Å². The summed E-state index contributed by atoms with van der Waals surface area (Å²) in [6.07, 6.45) is 0. The van der Waals surface area contributed by atoms with Crippen molar-refractivity contribution in [3.63, 3.8) is 0 Å². The summed E-state index contributed by atoms with van der Waals surface area (Å²) in [6.45, 7) is 0. The van der Waals surface area contributed by atoms with Crippen molar-refractivity contribution < 1.29 is 175 Å². The van der Waals surface area contributed by atoms with Crippen LogP contribution in [0.3, 0.4) is 0 Å². The Kier molecular flexibility index (Phi) is 37.2. The molecule has 0 radical (unpaired) electrons. The second kappa shape index (κ2) is 20.2. The summed E-state index contributed by atoms with van der Waals surface area (Å²) in [6, 6.07) is 0. The topological polar surface area (TPSA) is 443 Å². The van der Waals surface area contributed by atoms with Crippen LogP contribution in [0, 0.1) is 0 Å². The summed E-state index contributed by atoms with van der Waals surface area (Å²) in [5.41, 5.74) is 0. The average molecular weight is 936 g/mol. The normalized spacial score (nSPS) is 12.1. The summed E-state index contributed by atoms with van der Waals surface area (Å²) in [5.74, 6) is 0. The Morgan fingerprint density at radius 1 is 0.414 bits per heavy atom. The Bertz CT molecular complexity index is 471. The van der Waals surface area contributed by atoms with Crippen LogP contribution in [0.4, 0.5) is 0 Å². The molecule has 4 N–H and O–H groups in total. The van der Waals surface area contributed by atoms with Crippen molar-refractivity contribution in [3.05, 3.63) is 0 Å². The second-order valence-electron chi connectivity index (χ2n) is 2.58. The number of hydrogen-bond donors (Lipinski definition) is 4. The molecular weight excluding hydrogens is 932 g/mol. The SMILES string of the molecule is O=P([O-])([O-])[O-].O=P([O-])([O-])[O-].O=P([O-])([O-])[O-].O=P([O-])([O-])[O-].[Mo+4].[Mo+4].[Mo+4].[O]=[W]([OH])([OH])([OH])[OH]. The minimum atomic E-state index is -7.00. The van der Waals surface area contributed by atoms with Gasteiger partial charge in [0.05, 0.1) is 0 Å². The van der Waals surface area contributed by atoms with E-state index in [1.807, 2.05) is 0 Å². The Labute approximate surface area is 204 Å². The van der Waals surface area contributed by atoms with Gasteiger partial charge < -0.3 is 77.0 Å². The standard InChI is InChI=1S/3Mo.4H3O4P.4H2O.O.W/c;;;4*1-5(2,3)4;;;;;;/h;;;4*(H3,1,2,3,4);4*1H2;;/q3*+4;;;;;;;;;;+4/p-16. The molecule has 0 fully saturated rings. The van der Waals surface area contributed by atoms with E-state index in [1.165, 1.54) is 0 Å². The molecule has 174 valence electrons. The van der Waals surface area contributed by atoms with E-state index in [0.29, 0.717) is 0 Å². The van der Waals surface area contributed by atoms with Gasteiger partial charge in [-0.15, -0.1) is 0 Å². The minimum absolute atomic E-state index is 0. The van der Waals surface area contributed by atoms with Gasteiger partial charge in [0.25, 0.3) is 0 Å². The molecule has 0 aromatic carbocycles. The van der Waals surface area contributed by atoms with Gasteiger partial charge in [-0.05, 0) is 0 Å². The van der Waals surface area contributed by atoms with Gasteiger partial charge in [0.1, 0.15) is 0 Å². The number of rotatable bonds is 0. The maximum atomic E-state index is 9.11. The third-order valence-corrected chi connectivity index (χ3v) is 0. The van der Waals surface area contributed by atoms with Crippen LogP contribution < -0.4 is 58.7 Å². The molecule has 21 nitrogen and oxygen atoms in total. The molecule has 0 saturated carbocycles. The fourth-order valence-corrected chi connectivity index (χ4v) is 0. The first-order valence-corrected chi connectivity index (χ1v) is 16.1. The number of hydrogen-bond acceptors (Lipinski definition) is 17. The Balaban J connectivity index is -0.0000000309. The molecule has 0 rings (SSSR count). The predicted molar refractivity (Wildman–Crippen MR) is 40.0 cm³/mol. The molecule has 0 aliphatic heterocycles. The van der Waals surface area contributed by atoms with Crippen LogP contribution in [0.15, 0.2) is 0 Å². The van der Waals surface area contributed by atoms with Crippen molar-refractivity contribution >= 4 is 31.3 Å². The molecule has 0 aliphatic rings. The summed E-state index contributed by atoms with van der Waals surface area (Å²) in [4.78, 5) is 103. The van der Waals surface area contributed by atoms with Gasteiger partial charge in [0, 0.05) is 0 Å². The average Bonchev–Trinajstić information content (AvgIpc) is 1.77. The second-order valence-corrected chi connectivity index (χ2v) is 11.8. The molecule has 0 aromatic heterocycles. The molecule has 0 aromatic rings. The van der Waals surface area contributed by atoms with E-state index in [9.17, 15) is 0 Å². The van der Waals surface area contributed by atoms with Crippen molar-refractivity contribution in [1.29, 1.82) is 0 Å². The fraction of sp³-hybridized carbons (Fsp3) is 0. The third kappa shape index (κ3) is 3190. The first-order valence-electron chi connectivity index (χ1n) is 3.82. The van der Waals surface area contributed by atoms with E-state index in [0.717, 1.165) is 0 Å². The Morgan fingerprint density at radius 2 is 0.414 bits per heavy atom. The summed E-state index contributed by atoms with van der Waals surface area (Å²) >= 11 is -7.00. The van der Waals surface area contributed by atoms with Gasteiger partial charge in [-0.3, -0.25) is 0 Å². The molecule has 0 amide bonds. The van der Waals surface area contributed by atoms with E-state index >= 15 is 0 Å². The van der Waals surface area contributed by atoms with Crippen LogP contribution in [-0.2, 0) is 101 Å². The van der Waals surface area contributed by atoms with E-state index in [2.05, 4.69) is 0 Å². The van der Waals surface area contributed by atoms with E-state index in [4.69, 9.17) is 95.4 Å². The molecule has 29 heavy (non-hydrogen) atoms. The van der Waals surface area contributed by atoms with Gasteiger partial charge in [-0.2, -0.15) is 31.3 Å². The van der Waals surface area contributed by atoms with Crippen molar-refractivity contribution in [2.75, 3.05) is 0 Å². The van der Waals surface area contributed by atoms with Crippen LogP contribution in [0.1, 0.15) is 0 Å². The zero-order chi connectivity index (χ0) is 23.4. The van der Waals surface area contributed by atoms with Gasteiger partial charge in [0.2, 0.25) is 0 Å². The van der Waals surface area contributed by atoms with Crippen LogP contribution in [-0.4, -0.2) is 15.0 Å². The third-order valence-electron chi connectivity index (χ3n) is 0. The van der Waals surface area contributed by atoms with Crippen LogP contribution in [0.2, 0.25) is 0 Å². The van der Waals surface area contributed by atoms with Crippen molar-refractivity contribution in [1.82, 2.24) is 0 Å². The Hall–Kier alpha value is 2.83. The first kappa shape index (κ1) is 53.3. The molecule has 29 heteroatoms. The van der Waals surface area contributed by atoms with E-state index in [-0.39, 0.29) is 63.2 Å². The zero-order valence-corrected chi connectivity index (χ0v) is 24.7. The molecule has 0 saturated heterocycles.